The molecule has 0 aromatic carbocycles. The zero-order valence-electron chi connectivity index (χ0n) is 11.1. The molecule has 0 unspecified atom stereocenters. The van der Waals surface area contributed by atoms with Gasteiger partial charge in [0.1, 0.15) is 9.84 Å². The van der Waals surface area contributed by atoms with Crippen LogP contribution in [0.5, 0.6) is 0 Å². The van der Waals surface area contributed by atoms with Crippen molar-refractivity contribution in [2.45, 2.75) is 6.54 Å². The van der Waals surface area contributed by atoms with Crippen molar-refractivity contribution in [3.63, 3.8) is 0 Å². The number of sulfone groups is 1. The minimum atomic E-state index is -3.66. The molecule has 0 saturated carbocycles. The molecule has 1 heterocycles. The third-order valence-corrected chi connectivity index (χ3v) is 5.84. The summed E-state index contributed by atoms with van der Waals surface area (Å²) < 4.78 is 47.4. The van der Waals surface area contributed by atoms with E-state index >= 15 is 0 Å². The van der Waals surface area contributed by atoms with E-state index in [4.69, 9.17) is 5.11 Å². The second kappa shape index (κ2) is 7.16. The Morgan fingerprint density at radius 3 is 2.52 bits per heavy atom. The van der Waals surface area contributed by atoms with E-state index in [-0.39, 0.29) is 6.54 Å². The predicted molar refractivity (Wildman–Crippen MR) is 81.3 cm³/mol. The minimum Gasteiger partial charge on any atom is -0.478 e. The minimum absolute atomic E-state index is 0.0394. The van der Waals surface area contributed by atoms with Crippen LogP contribution in [0.15, 0.2) is 18.2 Å². The third kappa shape index (κ3) is 7.95. The van der Waals surface area contributed by atoms with Crippen molar-refractivity contribution in [3.05, 3.63) is 28.0 Å². The monoisotopic (exact) mass is 353 g/mol. The van der Waals surface area contributed by atoms with Gasteiger partial charge in [-0.25, -0.2) is 26.4 Å². The molecule has 21 heavy (non-hydrogen) atoms. The second-order valence-corrected chi connectivity index (χ2v) is 9.63. The Morgan fingerprint density at radius 2 is 1.95 bits per heavy atom. The van der Waals surface area contributed by atoms with E-state index in [9.17, 15) is 21.6 Å². The molecule has 0 spiro atoms. The number of carboxylic acid groups (broad SMARTS) is 1. The van der Waals surface area contributed by atoms with Gasteiger partial charge in [0, 0.05) is 28.6 Å². The third-order valence-electron chi connectivity index (χ3n) is 2.26. The molecular formula is C11H15NO6S3. The Balaban J connectivity index is 2.57. The van der Waals surface area contributed by atoms with Crippen molar-refractivity contribution in [2.24, 2.45) is 0 Å². The summed E-state index contributed by atoms with van der Waals surface area (Å²) in [6.45, 7) is 0.0394. The van der Waals surface area contributed by atoms with Crippen LogP contribution in [0.2, 0.25) is 0 Å². The van der Waals surface area contributed by atoms with Crippen LogP contribution in [0.4, 0.5) is 0 Å². The van der Waals surface area contributed by atoms with Gasteiger partial charge >= 0.3 is 5.97 Å². The van der Waals surface area contributed by atoms with E-state index in [0.717, 1.165) is 12.3 Å². The van der Waals surface area contributed by atoms with E-state index in [1.165, 1.54) is 17.4 Å². The Labute approximate surface area is 127 Å². The van der Waals surface area contributed by atoms with Gasteiger partial charge in [0.2, 0.25) is 10.0 Å². The first kappa shape index (κ1) is 17.8. The number of carbonyl (C=O) groups is 1. The summed E-state index contributed by atoms with van der Waals surface area (Å²) in [6.07, 6.45) is 3.38. The summed E-state index contributed by atoms with van der Waals surface area (Å²) in [5, 5.41) is 8.49. The van der Waals surface area contributed by atoms with E-state index in [0.29, 0.717) is 9.75 Å². The molecule has 7 nitrogen and oxygen atoms in total. The summed E-state index contributed by atoms with van der Waals surface area (Å²) in [4.78, 5) is 11.7. The van der Waals surface area contributed by atoms with Crippen molar-refractivity contribution in [1.82, 2.24) is 4.72 Å². The smallest absolute Gasteiger partial charge is 0.328 e. The van der Waals surface area contributed by atoms with Gasteiger partial charge in [0.25, 0.3) is 0 Å². The lowest BCUT2D eigenvalue weighted by molar-refractivity contribution is -0.131. The first-order valence-electron chi connectivity index (χ1n) is 5.72. The number of hydrogen-bond acceptors (Lipinski definition) is 6. The molecule has 0 aliphatic rings. The molecule has 0 aliphatic heterocycles. The number of thiophene rings is 1. The number of rotatable bonds is 8. The fourth-order valence-electron chi connectivity index (χ4n) is 1.25. The van der Waals surface area contributed by atoms with Crippen molar-refractivity contribution in [2.75, 3.05) is 17.8 Å². The highest BCUT2D eigenvalue weighted by atomic mass is 32.2. The van der Waals surface area contributed by atoms with E-state index in [2.05, 4.69) is 4.72 Å². The van der Waals surface area contributed by atoms with Gasteiger partial charge in [-0.2, -0.15) is 0 Å². The van der Waals surface area contributed by atoms with Gasteiger partial charge in [-0.1, -0.05) is 0 Å². The average Bonchev–Trinajstić information content (AvgIpc) is 2.79. The summed E-state index contributed by atoms with van der Waals surface area (Å²) in [7, 11) is -7.00. The van der Waals surface area contributed by atoms with Crippen molar-refractivity contribution in [1.29, 1.82) is 0 Å². The Hall–Kier alpha value is -1.23. The lowest BCUT2D eigenvalue weighted by Crippen LogP contribution is -2.28. The van der Waals surface area contributed by atoms with Crippen LogP contribution in [0, 0.1) is 0 Å². The Kier molecular flexibility index (Phi) is 6.08. The standard InChI is InChI=1S/C11H15NO6S3/c1-20(15,16)6-7-21(17,18)12-8-10-3-2-9(19-10)4-5-11(13)14/h2-5,12H,6-8H2,1H3,(H,13,14). The molecule has 1 aromatic rings. The van der Waals surface area contributed by atoms with E-state index in [1.807, 2.05) is 0 Å². The van der Waals surface area contributed by atoms with Crippen LogP contribution in [0.1, 0.15) is 9.75 Å². The fourth-order valence-corrected chi connectivity index (χ4v) is 4.80. The van der Waals surface area contributed by atoms with Gasteiger partial charge < -0.3 is 5.11 Å². The first-order valence-corrected chi connectivity index (χ1v) is 10.3. The summed E-state index contributed by atoms with van der Waals surface area (Å²) in [6, 6.07) is 3.34. The maximum absolute atomic E-state index is 11.6. The maximum Gasteiger partial charge on any atom is 0.328 e. The van der Waals surface area contributed by atoms with Gasteiger partial charge in [0.05, 0.1) is 11.5 Å². The molecular weight excluding hydrogens is 338 g/mol. The Morgan fingerprint density at radius 1 is 1.29 bits per heavy atom. The maximum atomic E-state index is 11.6. The second-order valence-electron chi connectivity index (χ2n) is 4.25. The van der Waals surface area contributed by atoms with Crippen molar-refractivity contribution < 1.29 is 26.7 Å². The van der Waals surface area contributed by atoms with Crippen LogP contribution in [0.3, 0.4) is 0 Å². The molecule has 0 radical (unpaired) electrons. The lowest BCUT2D eigenvalue weighted by atomic mass is 10.4. The highest BCUT2D eigenvalue weighted by molar-refractivity contribution is 7.93. The zero-order valence-corrected chi connectivity index (χ0v) is 13.6. The number of aliphatic carboxylic acids is 1. The average molecular weight is 353 g/mol. The number of sulfonamides is 1. The quantitative estimate of drug-likeness (QED) is 0.650. The first-order chi connectivity index (χ1) is 9.57. The van der Waals surface area contributed by atoms with Gasteiger partial charge in [-0.3, -0.25) is 0 Å². The SMILES string of the molecule is CS(=O)(=O)CCS(=O)(=O)NCc1ccc(C=CC(=O)O)s1. The molecule has 10 heteroatoms. The number of carboxylic acids is 1. The van der Waals surface area contributed by atoms with Crippen LogP contribution in [-0.2, 0) is 31.2 Å². The van der Waals surface area contributed by atoms with Crippen LogP contribution in [-0.4, -0.2) is 45.7 Å². The molecule has 0 aliphatic carbocycles. The molecule has 118 valence electrons. The largest absolute Gasteiger partial charge is 0.478 e. The van der Waals surface area contributed by atoms with Gasteiger partial charge in [-0.15, -0.1) is 11.3 Å². The highest BCUT2D eigenvalue weighted by Crippen LogP contribution is 2.18. The van der Waals surface area contributed by atoms with Crippen molar-refractivity contribution in [3.8, 4) is 0 Å². The molecule has 0 atom stereocenters. The summed E-state index contributed by atoms with van der Waals surface area (Å²) in [5.74, 6) is -1.98. The summed E-state index contributed by atoms with van der Waals surface area (Å²) >= 11 is 1.24. The molecule has 2 N–H and O–H groups in total. The molecule has 0 fully saturated rings. The molecule has 1 aromatic heterocycles. The van der Waals surface area contributed by atoms with E-state index < -0.39 is 37.3 Å². The molecule has 0 saturated heterocycles. The summed E-state index contributed by atoms with van der Waals surface area (Å²) in [5.41, 5.74) is 0. The van der Waals surface area contributed by atoms with Crippen LogP contribution in [0.25, 0.3) is 6.08 Å². The zero-order chi connectivity index (χ0) is 16.1. The molecule has 0 bridgehead atoms. The van der Waals surface area contributed by atoms with Crippen LogP contribution < -0.4 is 4.72 Å². The number of nitrogens with one attached hydrogen (secondary N) is 1. The fraction of sp³-hybridized carbons (Fsp3) is 0.364. The Bertz CT molecular complexity index is 730. The topological polar surface area (TPSA) is 118 Å². The van der Waals surface area contributed by atoms with Gasteiger partial charge in [0.15, 0.2) is 0 Å². The van der Waals surface area contributed by atoms with Gasteiger partial charge in [-0.05, 0) is 18.2 Å². The van der Waals surface area contributed by atoms with Crippen molar-refractivity contribution >= 4 is 43.2 Å². The lowest BCUT2D eigenvalue weighted by Gasteiger charge is -2.04. The van der Waals surface area contributed by atoms with E-state index in [1.54, 1.807) is 12.1 Å². The normalized spacial score (nSPS) is 12.8. The van der Waals surface area contributed by atoms with Crippen LogP contribution >= 0.6 is 11.3 Å². The predicted octanol–water partition coefficient (Wildman–Crippen LogP) is 0.310. The number of hydrogen-bond donors (Lipinski definition) is 2. The molecule has 1 rings (SSSR count). The highest BCUT2D eigenvalue weighted by Gasteiger charge is 2.14. The molecule has 0 amide bonds.